The molecule has 0 fully saturated rings. The highest BCUT2D eigenvalue weighted by atomic mass is 79.9. The number of aromatic nitrogens is 2. The molecule has 2 aromatic rings. The molecule has 0 amide bonds. The highest BCUT2D eigenvalue weighted by molar-refractivity contribution is 9.10. The molecule has 0 saturated carbocycles. The van der Waals surface area contributed by atoms with Gasteiger partial charge in [0.1, 0.15) is 16.2 Å². The third-order valence-corrected chi connectivity index (χ3v) is 5.11. The molecule has 0 spiro atoms. The van der Waals surface area contributed by atoms with Gasteiger partial charge in [0, 0.05) is 21.7 Å². The van der Waals surface area contributed by atoms with Crippen LogP contribution in [-0.4, -0.2) is 9.97 Å². The zero-order valence-electron chi connectivity index (χ0n) is 11.7. The Bertz CT molecular complexity index is 600. The van der Waals surface area contributed by atoms with Crippen LogP contribution in [0.3, 0.4) is 0 Å². The minimum atomic E-state index is 0.332. The number of nitrogens with zero attached hydrogens (tertiary/aromatic N) is 2. The molecular formula is C15H18BrN3S. The number of anilines is 1. The van der Waals surface area contributed by atoms with Crippen LogP contribution in [-0.2, 0) is 19.4 Å². The first kappa shape index (κ1) is 14.0. The first-order chi connectivity index (χ1) is 9.61. The number of aryl methyl sites for hydroxylation is 2. The van der Waals surface area contributed by atoms with E-state index in [0.29, 0.717) is 5.92 Å². The summed E-state index contributed by atoms with van der Waals surface area (Å²) in [5.41, 5.74) is 1.55. The standard InChI is InChI=1S/C15H18BrN3S/c1-9(2)15-18-13(16)7-14(19-15)17-8-11-6-10-4-3-5-12(10)20-11/h6-7,9H,3-5,8H2,1-2H3,(H,17,18,19). The minimum Gasteiger partial charge on any atom is -0.365 e. The van der Waals surface area contributed by atoms with Crippen molar-refractivity contribution in [3.63, 3.8) is 0 Å². The van der Waals surface area contributed by atoms with E-state index in [1.165, 1.54) is 24.1 Å². The van der Waals surface area contributed by atoms with Crippen LogP contribution in [0.4, 0.5) is 5.82 Å². The first-order valence-electron chi connectivity index (χ1n) is 7.00. The van der Waals surface area contributed by atoms with Gasteiger partial charge in [-0.15, -0.1) is 11.3 Å². The Balaban J connectivity index is 1.71. The molecule has 3 rings (SSSR count). The Morgan fingerprint density at radius 1 is 1.30 bits per heavy atom. The molecule has 5 heteroatoms. The van der Waals surface area contributed by atoms with Gasteiger partial charge in [-0.25, -0.2) is 9.97 Å². The molecule has 0 aliphatic heterocycles. The molecule has 0 unspecified atom stereocenters. The van der Waals surface area contributed by atoms with E-state index in [1.54, 1.807) is 10.4 Å². The van der Waals surface area contributed by atoms with E-state index >= 15 is 0 Å². The van der Waals surface area contributed by atoms with E-state index in [-0.39, 0.29) is 0 Å². The number of hydrogen-bond acceptors (Lipinski definition) is 4. The summed E-state index contributed by atoms with van der Waals surface area (Å²) in [5.74, 6) is 2.10. The average molecular weight is 352 g/mol. The lowest BCUT2D eigenvalue weighted by Crippen LogP contribution is -2.05. The van der Waals surface area contributed by atoms with E-state index in [1.807, 2.05) is 17.4 Å². The van der Waals surface area contributed by atoms with Crippen LogP contribution in [0, 0.1) is 0 Å². The fourth-order valence-electron chi connectivity index (χ4n) is 2.44. The van der Waals surface area contributed by atoms with Crippen molar-refractivity contribution in [1.29, 1.82) is 0 Å². The summed E-state index contributed by atoms with van der Waals surface area (Å²) in [6.45, 7) is 5.06. The van der Waals surface area contributed by atoms with Gasteiger partial charge in [0.15, 0.2) is 0 Å². The van der Waals surface area contributed by atoms with Crippen molar-refractivity contribution in [2.45, 2.75) is 45.6 Å². The Morgan fingerprint density at radius 2 is 2.15 bits per heavy atom. The topological polar surface area (TPSA) is 37.8 Å². The highest BCUT2D eigenvalue weighted by Gasteiger charge is 2.14. The van der Waals surface area contributed by atoms with E-state index in [4.69, 9.17) is 0 Å². The molecule has 0 atom stereocenters. The fraction of sp³-hybridized carbons (Fsp3) is 0.467. The molecule has 0 aromatic carbocycles. The second kappa shape index (κ2) is 5.82. The lowest BCUT2D eigenvalue weighted by Gasteiger charge is -2.09. The number of hydrogen-bond donors (Lipinski definition) is 1. The normalized spacial score (nSPS) is 13.8. The summed E-state index contributed by atoms with van der Waals surface area (Å²) in [4.78, 5) is 11.9. The van der Waals surface area contributed by atoms with Crippen molar-refractivity contribution in [3.8, 4) is 0 Å². The van der Waals surface area contributed by atoms with Crippen molar-refractivity contribution in [1.82, 2.24) is 9.97 Å². The van der Waals surface area contributed by atoms with Crippen LogP contribution < -0.4 is 5.32 Å². The van der Waals surface area contributed by atoms with Crippen LogP contribution >= 0.6 is 27.3 Å². The van der Waals surface area contributed by atoms with Crippen molar-refractivity contribution in [2.75, 3.05) is 5.32 Å². The third-order valence-electron chi connectivity index (χ3n) is 3.47. The molecule has 1 N–H and O–H groups in total. The molecule has 2 aromatic heterocycles. The van der Waals surface area contributed by atoms with E-state index in [2.05, 4.69) is 51.1 Å². The second-order valence-corrected chi connectivity index (χ2v) is 7.49. The Labute approximate surface area is 132 Å². The highest BCUT2D eigenvalue weighted by Crippen LogP contribution is 2.31. The predicted molar refractivity (Wildman–Crippen MR) is 87.5 cm³/mol. The van der Waals surface area contributed by atoms with Crippen molar-refractivity contribution < 1.29 is 0 Å². The van der Waals surface area contributed by atoms with Gasteiger partial charge in [0.05, 0.1) is 6.54 Å². The molecule has 0 radical (unpaired) electrons. The van der Waals surface area contributed by atoms with Gasteiger partial charge in [-0.05, 0) is 46.8 Å². The zero-order chi connectivity index (χ0) is 14.1. The molecule has 0 bridgehead atoms. The van der Waals surface area contributed by atoms with Crippen LogP contribution in [0.5, 0.6) is 0 Å². The Hall–Kier alpha value is -0.940. The predicted octanol–water partition coefficient (Wildman–Crippen LogP) is 4.52. The van der Waals surface area contributed by atoms with Crippen LogP contribution in [0.1, 0.15) is 47.3 Å². The summed E-state index contributed by atoms with van der Waals surface area (Å²) in [6, 6.07) is 4.28. The smallest absolute Gasteiger partial charge is 0.134 e. The number of thiophene rings is 1. The first-order valence-corrected chi connectivity index (χ1v) is 8.61. The summed E-state index contributed by atoms with van der Waals surface area (Å²) in [6.07, 6.45) is 3.84. The van der Waals surface area contributed by atoms with Gasteiger partial charge in [-0.3, -0.25) is 0 Å². The van der Waals surface area contributed by atoms with E-state index in [9.17, 15) is 0 Å². The Kier molecular flexibility index (Phi) is 4.08. The summed E-state index contributed by atoms with van der Waals surface area (Å²) in [7, 11) is 0. The average Bonchev–Trinajstić information content (AvgIpc) is 2.96. The van der Waals surface area contributed by atoms with Gasteiger partial charge >= 0.3 is 0 Å². The molecule has 0 saturated heterocycles. The summed E-state index contributed by atoms with van der Waals surface area (Å²) < 4.78 is 0.840. The van der Waals surface area contributed by atoms with Gasteiger partial charge in [-0.2, -0.15) is 0 Å². The van der Waals surface area contributed by atoms with Crippen molar-refractivity contribution >= 4 is 33.1 Å². The monoisotopic (exact) mass is 351 g/mol. The lowest BCUT2D eigenvalue weighted by molar-refractivity contribution is 0.769. The third kappa shape index (κ3) is 3.04. The van der Waals surface area contributed by atoms with Crippen LogP contribution in [0.25, 0.3) is 0 Å². The molecule has 20 heavy (non-hydrogen) atoms. The van der Waals surface area contributed by atoms with Crippen molar-refractivity contribution in [2.24, 2.45) is 0 Å². The maximum Gasteiger partial charge on any atom is 0.134 e. The maximum atomic E-state index is 4.56. The summed E-state index contributed by atoms with van der Waals surface area (Å²) >= 11 is 5.39. The number of fused-ring (bicyclic) bond motifs is 1. The molecule has 2 heterocycles. The zero-order valence-corrected chi connectivity index (χ0v) is 14.1. The second-order valence-electron chi connectivity index (χ2n) is 5.46. The summed E-state index contributed by atoms with van der Waals surface area (Å²) in [5, 5.41) is 3.42. The maximum absolute atomic E-state index is 4.56. The minimum absolute atomic E-state index is 0.332. The number of halogens is 1. The van der Waals surface area contributed by atoms with Crippen LogP contribution in [0.15, 0.2) is 16.7 Å². The van der Waals surface area contributed by atoms with Gasteiger partial charge < -0.3 is 5.32 Å². The van der Waals surface area contributed by atoms with E-state index < -0.39 is 0 Å². The van der Waals surface area contributed by atoms with Gasteiger partial charge in [-0.1, -0.05) is 13.8 Å². The molecule has 106 valence electrons. The lowest BCUT2D eigenvalue weighted by atomic mass is 10.2. The largest absolute Gasteiger partial charge is 0.365 e. The number of nitrogens with one attached hydrogen (secondary N) is 1. The van der Waals surface area contributed by atoms with Crippen molar-refractivity contribution in [3.05, 3.63) is 37.9 Å². The van der Waals surface area contributed by atoms with Gasteiger partial charge in [0.2, 0.25) is 0 Å². The molecule has 3 nitrogen and oxygen atoms in total. The Morgan fingerprint density at radius 3 is 2.90 bits per heavy atom. The van der Waals surface area contributed by atoms with E-state index in [0.717, 1.165) is 22.8 Å². The molecule has 1 aliphatic carbocycles. The SMILES string of the molecule is CC(C)c1nc(Br)cc(NCc2cc3c(s2)CCC3)n1. The quantitative estimate of drug-likeness (QED) is 0.822. The fourth-order valence-corrected chi connectivity index (χ4v) is 4.04. The van der Waals surface area contributed by atoms with Gasteiger partial charge in [0.25, 0.3) is 0 Å². The number of rotatable bonds is 4. The molecular weight excluding hydrogens is 334 g/mol. The molecule has 1 aliphatic rings. The van der Waals surface area contributed by atoms with Crippen LogP contribution in [0.2, 0.25) is 0 Å².